The van der Waals surface area contributed by atoms with Crippen LogP contribution < -0.4 is 10.2 Å². The second kappa shape index (κ2) is 8.45. The van der Waals surface area contributed by atoms with Gasteiger partial charge in [-0.2, -0.15) is 0 Å². The van der Waals surface area contributed by atoms with Gasteiger partial charge in [0.15, 0.2) is 0 Å². The lowest BCUT2D eigenvalue weighted by Crippen LogP contribution is -2.34. The van der Waals surface area contributed by atoms with E-state index in [9.17, 15) is 9.50 Å². The highest BCUT2D eigenvalue weighted by molar-refractivity contribution is 5.48. The van der Waals surface area contributed by atoms with E-state index in [0.717, 1.165) is 44.6 Å². The van der Waals surface area contributed by atoms with Crippen LogP contribution in [0.2, 0.25) is 0 Å². The van der Waals surface area contributed by atoms with Crippen molar-refractivity contribution < 1.29 is 9.50 Å². The molecule has 2 aromatic rings. The zero-order valence-electron chi connectivity index (χ0n) is 14.8. The van der Waals surface area contributed by atoms with Crippen molar-refractivity contribution in [2.45, 2.75) is 32.9 Å². The molecule has 0 radical (unpaired) electrons. The molecule has 1 heterocycles. The molecule has 0 aromatic heterocycles. The summed E-state index contributed by atoms with van der Waals surface area (Å²) in [6, 6.07) is 13.9. The number of benzene rings is 2. The Morgan fingerprint density at radius 2 is 1.68 bits per heavy atom. The van der Waals surface area contributed by atoms with Crippen LogP contribution in [-0.4, -0.2) is 24.8 Å². The Balaban J connectivity index is 1.48. The van der Waals surface area contributed by atoms with Crippen LogP contribution in [0.5, 0.6) is 0 Å². The molecule has 0 amide bonds. The normalized spacial score (nSPS) is 15.6. The van der Waals surface area contributed by atoms with Crippen LogP contribution in [-0.2, 0) is 13.1 Å². The van der Waals surface area contributed by atoms with E-state index in [0.29, 0.717) is 18.1 Å². The third-order valence-electron chi connectivity index (χ3n) is 5.05. The Labute approximate surface area is 149 Å². The van der Waals surface area contributed by atoms with Crippen LogP contribution in [0.25, 0.3) is 0 Å². The average molecular weight is 342 g/mol. The van der Waals surface area contributed by atoms with Gasteiger partial charge in [0.25, 0.3) is 0 Å². The number of hydrogen-bond donors (Lipinski definition) is 2. The van der Waals surface area contributed by atoms with Crippen LogP contribution in [0.1, 0.15) is 29.5 Å². The molecule has 0 saturated carbocycles. The molecule has 1 fully saturated rings. The first-order valence-corrected chi connectivity index (χ1v) is 9.06. The SMILES string of the molecule is Cc1cc(CNCc2ccc(N3CCC(CO)CC3)cc2)ccc1F. The maximum Gasteiger partial charge on any atom is 0.126 e. The van der Waals surface area contributed by atoms with Crippen LogP contribution in [0.15, 0.2) is 42.5 Å². The van der Waals surface area contributed by atoms with Crippen molar-refractivity contribution in [1.82, 2.24) is 5.32 Å². The highest BCUT2D eigenvalue weighted by Gasteiger charge is 2.18. The summed E-state index contributed by atoms with van der Waals surface area (Å²) in [4.78, 5) is 2.39. The van der Waals surface area contributed by atoms with E-state index >= 15 is 0 Å². The van der Waals surface area contributed by atoms with Crippen molar-refractivity contribution in [2.24, 2.45) is 5.92 Å². The summed E-state index contributed by atoms with van der Waals surface area (Å²) in [6.45, 7) is 5.67. The number of rotatable bonds is 6. The van der Waals surface area contributed by atoms with Gasteiger partial charge in [-0.05, 0) is 60.6 Å². The topological polar surface area (TPSA) is 35.5 Å². The highest BCUT2D eigenvalue weighted by atomic mass is 19.1. The van der Waals surface area contributed by atoms with E-state index in [1.165, 1.54) is 17.3 Å². The largest absolute Gasteiger partial charge is 0.396 e. The number of halogens is 1. The molecule has 1 aliphatic rings. The third-order valence-corrected chi connectivity index (χ3v) is 5.05. The first kappa shape index (κ1) is 17.9. The molecule has 25 heavy (non-hydrogen) atoms. The van der Waals surface area contributed by atoms with E-state index in [1.54, 1.807) is 6.92 Å². The molecule has 0 bridgehead atoms. The Kier molecular flexibility index (Phi) is 6.05. The van der Waals surface area contributed by atoms with Gasteiger partial charge in [-0.25, -0.2) is 4.39 Å². The van der Waals surface area contributed by atoms with E-state index < -0.39 is 0 Å². The smallest absolute Gasteiger partial charge is 0.126 e. The minimum Gasteiger partial charge on any atom is -0.396 e. The standard InChI is InChI=1S/C21H27FN2O/c1-16-12-19(4-7-21(16)22)14-23-13-17-2-5-20(6-3-17)24-10-8-18(15-25)9-11-24/h2-7,12,18,23,25H,8-11,13-15H2,1H3. The molecule has 3 rings (SSSR count). The predicted molar refractivity (Wildman–Crippen MR) is 100 cm³/mol. The molecule has 0 aliphatic carbocycles. The molecular formula is C21H27FN2O. The van der Waals surface area contributed by atoms with Gasteiger partial charge in [-0.3, -0.25) is 0 Å². The molecule has 1 aliphatic heterocycles. The number of aryl methyl sites for hydroxylation is 1. The summed E-state index contributed by atoms with van der Waals surface area (Å²) < 4.78 is 13.3. The molecule has 4 heteroatoms. The quantitative estimate of drug-likeness (QED) is 0.841. The number of aliphatic hydroxyl groups excluding tert-OH is 1. The maximum absolute atomic E-state index is 13.3. The summed E-state index contributed by atoms with van der Waals surface area (Å²) in [7, 11) is 0. The summed E-state index contributed by atoms with van der Waals surface area (Å²) in [6.07, 6.45) is 2.13. The molecule has 3 nitrogen and oxygen atoms in total. The molecule has 134 valence electrons. The first-order chi connectivity index (χ1) is 12.2. The van der Waals surface area contributed by atoms with Gasteiger partial charge in [0.05, 0.1) is 0 Å². The fourth-order valence-corrected chi connectivity index (χ4v) is 3.37. The maximum atomic E-state index is 13.3. The lowest BCUT2D eigenvalue weighted by molar-refractivity contribution is 0.203. The van der Waals surface area contributed by atoms with E-state index in [-0.39, 0.29) is 5.82 Å². The van der Waals surface area contributed by atoms with Crippen LogP contribution in [0.4, 0.5) is 10.1 Å². The van der Waals surface area contributed by atoms with Crippen molar-refractivity contribution in [1.29, 1.82) is 0 Å². The third kappa shape index (κ3) is 4.80. The van der Waals surface area contributed by atoms with Crippen molar-refractivity contribution in [2.75, 3.05) is 24.6 Å². The predicted octanol–water partition coefficient (Wildman–Crippen LogP) is 3.63. The zero-order valence-corrected chi connectivity index (χ0v) is 14.8. The van der Waals surface area contributed by atoms with Gasteiger partial charge in [0.1, 0.15) is 5.82 Å². The van der Waals surface area contributed by atoms with E-state index in [1.807, 2.05) is 12.1 Å². The first-order valence-electron chi connectivity index (χ1n) is 9.06. The van der Waals surface area contributed by atoms with Crippen LogP contribution in [0, 0.1) is 18.7 Å². The summed E-state index contributed by atoms with van der Waals surface area (Å²) in [5, 5.41) is 12.6. The molecular weight excluding hydrogens is 315 g/mol. The number of aliphatic hydroxyl groups is 1. The molecule has 0 unspecified atom stereocenters. The fourth-order valence-electron chi connectivity index (χ4n) is 3.37. The number of nitrogens with zero attached hydrogens (tertiary/aromatic N) is 1. The summed E-state index contributed by atoms with van der Waals surface area (Å²) in [5.74, 6) is 0.317. The van der Waals surface area contributed by atoms with Gasteiger partial charge in [0, 0.05) is 38.5 Å². The van der Waals surface area contributed by atoms with Gasteiger partial charge < -0.3 is 15.3 Å². The Hall–Kier alpha value is -1.91. The van der Waals surface area contributed by atoms with Gasteiger partial charge in [-0.1, -0.05) is 24.3 Å². The highest BCUT2D eigenvalue weighted by Crippen LogP contribution is 2.23. The lowest BCUT2D eigenvalue weighted by Gasteiger charge is -2.33. The molecule has 0 atom stereocenters. The number of hydrogen-bond acceptors (Lipinski definition) is 3. The van der Waals surface area contributed by atoms with Crippen LogP contribution >= 0.6 is 0 Å². The molecule has 1 saturated heterocycles. The Morgan fingerprint density at radius 3 is 2.32 bits per heavy atom. The lowest BCUT2D eigenvalue weighted by atomic mass is 9.97. The minimum atomic E-state index is -0.151. The van der Waals surface area contributed by atoms with Gasteiger partial charge in [0.2, 0.25) is 0 Å². The van der Waals surface area contributed by atoms with Crippen molar-refractivity contribution >= 4 is 5.69 Å². The van der Waals surface area contributed by atoms with Crippen molar-refractivity contribution in [3.8, 4) is 0 Å². The van der Waals surface area contributed by atoms with Crippen molar-refractivity contribution in [3.05, 3.63) is 65.0 Å². The minimum absolute atomic E-state index is 0.151. The zero-order chi connectivity index (χ0) is 17.6. The second-order valence-corrected chi connectivity index (χ2v) is 6.97. The fraction of sp³-hybridized carbons (Fsp3) is 0.429. The summed E-state index contributed by atoms with van der Waals surface area (Å²) >= 11 is 0. The number of nitrogens with one attached hydrogen (secondary N) is 1. The van der Waals surface area contributed by atoms with E-state index in [2.05, 4.69) is 34.5 Å². The van der Waals surface area contributed by atoms with Crippen LogP contribution in [0.3, 0.4) is 0 Å². The molecule has 2 N–H and O–H groups in total. The number of piperidine rings is 1. The Bertz CT molecular complexity index is 679. The van der Waals surface area contributed by atoms with Gasteiger partial charge in [-0.15, -0.1) is 0 Å². The average Bonchev–Trinajstić information content (AvgIpc) is 2.65. The monoisotopic (exact) mass is 342 g/mol. The van der Waals surface area contributed by atoms with E-state index in [4.69, 9.17) is 0 Å². The second-order valence-electron chi connectivity index (χ2n) is 6.97. The number of anilines is 1. The van der Waals surface area contributed by atoms with Gasteiger partial charge >= 0.3 is 0 Å². The Morgan fingerprint density at radius 1 is 1.04 bits per heavy atom. The summed E-state index contributed by atoms with van der Waals surface area (Å²) in [5.41, 5.74) is 4.29. The van der Waals surface area contributed by atoms with Crippen molar-refractivity contribution in [3.63, 3.8) is 0 Å². The molecule has 2 aromatic carbocycles. The molecule has 0 spiro atoms.